The highest BCUT2D eigenvalue weighted by Crippen LogP contribution is 2.17. The van der Waals surface area contributed by atoms with Gasteiger partial charge in [0.25, 0.3) is 0 Å². The Bertz CT molecular complexity index is 577. The Labute approximate surface area is 161 Å². The number of halogens is 1. The van der Waals surface area contributed by atoms with Crippen molar-refractivity contribution in [1.82, 2.24) is 10.2 Å². The number of ether oxygens (including phenoxy) is 3. The maximum absolute atomic E-state index is 13.7. The number of methoxy groups -OCH3 is 1. The minimum atomic E-state index is -0.346. The average molecular weight is 381 g/mol. The summed E-state index contributed by atoms with van der Waals surface area (Å²) in [4.78, 5) is 6.59. The Kier molecular flexibility index (Phi) is 9.35. The lowest BCUT2D eigenvalue weighted by Gasteiger charge is -2.34. The molecule has 1 heterocycles. The molecule has 2 rings (SSSR count). The first-order valence-electron chi connectivity index (χ1n) is 9.61. The highest BCUT2D eigenvalue weighted by Gasteiger charge is 2.22. The van der Waals surface area contributed by atoms with Crippen LogP contribution in [-0.4, -0.2) is 70.1 Å². The van der Waals surface area contributed by atoms with Crippen LogP contribution in [0.4, 0.5) is 4.39 Å². The van der Waals surface area contributed by atoms with E-state index in [4.69, 9.17) is 14.2 Å². The molecule has 0 bridgehead atoms. The molecule has 1 saturated heterocycles. The Morgan fingerprint density at radius 2 is 2.04 bits per heavy atom. The summed E-state index contributed by atoms with van der Waals surface area (Å²) < 4.78 is 30.3. The van der Waals surface area contributed by atoms with Gasteiger partial charge in [-0.15, -0.1) is 0 Å². The summed E-state index contributed by atoms with van der Waals surface area (Å²) in [6.45, 7) is 5.74. The maximum Gasteiger partial charge on any atom is 0.193 e. The van der Waals surface area contributed by atoms with Gasteiger partial charge in [0.05, 0.1) is 12.6 Å². The van der Waals surface area contributed by atoms with Gasteiger partial charge in [-0.3, -0.25) is 4.99 Å². The van der Waals surface area contributed by atoms with E-state index in [1.165, 1.54) is 6.07 Å². The van der Waals surface area contributed by atoms with Crippen molar-refractivity contribution in [3.8, 4) is 5.75 Å². The zero-order chi connectivity index (χ0) is 19.5. The van der Waals surface area contributed by atoms with Gasteiger partial charge in [0, 0.05) is 40.5 Å². The number of nitrogens with zero attached hydrogens (tertiary/aromatic N) is 2. The van der Waals surface area contributed by atoms with Crippen molar-refractivity contribution in [2.75, 3.05) is 47.0 Å². The van der Waals surface area contributed by atoms with Crippen LogP contribution in [0.1, 0.15) is 26.2 Å². The number of hydrogen-bond donors (Lipinski definition) is 1. The molecule has 0 amide bonds. The predicted molar refractivity (Wildman–Crippen MR) is 105 cm³/mol. The van der Waals surface area contributed by atoms with E-state index in [1.54, 1.807) is 32.4 Å². The Morgan fingerprint density at radius 3 is 2.70 bits per heavy atom. The van der Waals surface area contributed by atoms with E-state index in [1.807, 2.05) is 6.92 Å². The molecular weight excluding hydrogens is 349 g/mol. The first-order valence-corrected chi connectivity index (χ1v) is 9.61. The second kappa shape index (κ2) is 11.8. The number of piperidine rings is 1. The average Bonchev–Trinajstić information content (AvgIpc) is 2.68. The summed E-state index contributed by atoms with van der Waals surface area (Å²) in [7, 11) is 3.48. The summed E-state index contributed by atoms with van der Waals surface area (Å²) >= 11 is 0. The number of benzene rings is 1. The van der Waals surface area contributed by atoms with Gasteiger partial charge in [0.15, 0.2) is 17.5 Å². The van der Waals surface area contributed by atoms with Crippen LogP contribution in [-0.2, 0) is 9.47 Å². The quantitative estimate of drug-likeness (QED) is 0.405. The van der Waals surface area contributed by atoms with Crippen LogP contribution in [0.5, 0.6) is 5.75 Å². The summed E-state index contributed by atoms with van der Waals surface area (Å²) in [5.41, 5.74) is 0. The topological polar surface area (TPSA) is 55.3 Å². The van der Waals surface area contributed by atoms with Gasteiger partial charge >= 0.3 is 0 Å². The molecule has 7 heteroatoms. The minimum absolute atomic E-state index is 0.180. The van der Waals surface area contributed by atoms with Crippen molar-refractivity contribution >= 4 is 5.96 Å². The van der Waals surface area contributed by atoms with Crippen molar-refractivity contribution in [3.05, 3.63) is 30.1 Å². The van der Waals surface area contributed by atoms with Crippen LogP contribution < -0.4 is 10.1 Å². The number of guanidine groups is 1. The lowest BCUT2D eigenvalue weighted by molar-refractivity contribution is 0.00984. The molecular formula is C20H32FN3O3. The van der Waals surface area contributed by atoms with E-state index in [9.17, 15) is 4.39 Å². The van der Waals surface area contributed by atoms with Crippen LogP contribution >= 0.6 is 0 Å². The molecule has 152 valence electrons. The van der Waals surface area contributed by atoms with E-state index in [2.05, 4.69) is 15.2 Å². The molecule has 27 heavy (non-hydrogen) atoms. The van der Waals surface area contributed by atoms with Crippen LogP contribution in [0.3, 0.4) is 0 Å². The number of para-hydroxylation sites is 1. The molecule has 0 radical (unpaired) electrons. The van der Waals surface area contributed by atoms with Gasteiger partial charge in [-0.1, -0.05) is 12.1 Å². The molecule has 1 unspecified atom stereocenters. The molecule has 0 aliphatic carbocycles. The zero-order valence-corrected chi connectivity index (χ0v) is 16.6. The third-order valence-electron chi connectivity index (χ3n) is 4.51. The van der Waals surface area contributed by atoms with E-state index in [-0.39, 0.29) is 17.7 Å². The molecule has 1 aromatic carbocycles. The number of rotatable bonds is 9. The first kappa shape index (κ1) is 21.4. The Balaban J connectivity index is 1.70. The SMILES string of the molecule is CN=C(NCC(C)Oc1ccccc1F)N1CCC(OCCCOC)CC1. The lowest BCUT2D eigenvalue weighted by Crippen LogP contribution is -2.48. The molecule has 1 atom stereocenters. The Hall–Kier alpha value is -1.86. The van der Waals surface area contributed by atoms with E-state index in [0.717, 1.165) is 51.5 Å². The van der Waals surface area contributed by atoms with E-state index in [0.29, 0.717) is 12.6 Å². The van der Waals surface area contributed by atoms with Gasteiger partial charge < -0.3 is 24.4 Å². The fraction of sp³-hybridized carbons (Fsp3) is 0.650. The molecule has 1 N–H and O–H groups in total. The van der Waals surface area contributed by atoms with Crippen LogP contribution in [0.2, 0.25) is 0 Å². The van der Waals surface area contributed by atoms with E-state index < -0.39 is 0 Å². The number of nitrogens with one attached hydrogen (secondary N) is 1. The van der Waals surface area contributed by atoms with Gasteiger partial charge in [-0.2, -0.15) is 0 Å². The van der Waals surface area contributed by atoms with Gasteiger partial charge in [-0.25, -0.2) is 4.39 Å². The zero-order valence-electron chi connectivity index (χ0n) is 16.6. The molecule has 0 spiro atoms. The van der Waals surface area contributed by atoms with Crippen molar-refractivity contribution in [3.63, 3.8) is 0 Å². The maximum atomic E-state index is 13.7. The number of hydrogen-bond acceptors (Lipinski definition) is 4. The second-order valence-electron chi connectivity index (χ2n) is 6.69. The molecule has 1 aromatic rings. The monoisotopic (exact) mass is 381 g/mol. The molecule has 1 aliphatic rings. The van der Waals surface area contributed by atoms with Crippen LogP contribution in [0, 0.1) is 5.82 Å². The molecule has 1 fully saturated rings. The molecule has 0 aromatic heterocycles. The van der Waals surface area contributed by atoms with Gasteiger partial charge in [0.1, 0.15) is 6.10 Å². The Morgan fingerprint density at radius 1 is 1.30 bits per heavy atom. The summed E-state index contributed by atoms with van der Waals surface area (Å²) in [5.74, 6) is 0.770. The fourth-order valence-corrected chi connectivity index (χ4v) is 3.05. The van der Waals surface area contributed by atoms with Gasteiger partial charge in [-0.05, 0) is 38.3 Å². The third kappa shape index (κ3) is 7.34. The van der Waals surface area contributed by atoms with Gasteiger partial charge in [0.2, 0.25) is 0 Å². The predicted octanol–water partition coefficient (Wildman–Crippen LogP) is 2.69. The number of aliphatic imine (C=N–C) groups is 1. The summed E-state index contributed by atoms with van der Waals surface area (Å²) in [6.07, 6.45) is 3.02. The highest BCUT2D eigenvalue weighted by atomic mass is 19.1. The first-order chi connectivity index (χ1) is 13.1. The van der Waals surface area contributed by atoms with Crippen molar-refractivity contribution in [1.29, 1.82) is 0 Å². The normalized spacial score (nSPS) is 17.0. The number of likely N-dealkylation sites (tertiary alicyclic amines) is 1. The van der Waals surface area contributed by atoms with Crippen LogP contribution in [0.15, 0.2) is 29.3 Å². The standard InChI is InChI=1S/C20H32FN3O3/c1-16(27-19-8-5-4-7-18(19)21)15-23-20(22-2)24-11-9-17(10-12-24)26-14-6-13-25-3/h4-5,7-8,16-17H,6,9-15H2,1-3H3,(H,22,23). The minimum Gasteiger partial charge on any atom is -0.486 e. The molecule has 1 aliphatic heterocycles. The molecule has 6 nitrogen and oxygen atoms in total. The van der Waals surface area contributed by atoms with Crippen molar-refractivity contribution in [2.24, 2.45) is 4.99 Å². The smallest absolute Gasteiger partial charge is 0.193 e. The summed E-state index contributed by atoms with van der Waals surface area (Å²) in [5, 5.41) is 3.32. The summed E-state index contributed by atoms with van der Waals surface area (Å²) in [6, 6.07) is 6.45. The lowest BCUT2D eigenvalue weighted by atomic mass is 10.1. The molecule has 0 saturated carbocycles. The van der Waals surface area contributed by atoms with Crippen LogP contribution in [0.25, 0.3) is 0 Å². The highest BCUT2D eigenvalue weighted by molar-refractivity contribution is 5.80. The van der Waals surface area contributed by atoms with E-state index >= 15 is 0 Å². The fourth-order valence-electron chi connectivity index (χ4n) is 3.05. The van der Waals surface area contributed by atoms with Crippen molar-refractivity contribution in [2.45, 2.75) is 38.4 Å². The van der Waals surface area contributed by atoms with Crippen molar-refractivity contribution < 1.29 is 18.6 Å². The second-order valence-corrected chi connectivity index (χ2v) is 6.69. The third-order valence-corrected chi connectivity index (χ3v) is 4.51. The largest absolute Gasteiger partial charge is 0.486 e.